The number of hydrogen-bond donors (Lipinski definition) is 1. The molecule has 0 aliphatic carbocycles. The van der Waals surface area contributed by atoms with Gasteiger partial charge in [0.05, 0.1) is 22.1 Å². The molecule has 136 valence electrons. The fourth-order valence-electron chi connectivity index (χ4n) is 2.72. The Kier molecular flexibility index (Phi) is 4.86. The lowest BCUT2D eigenvalue weighted by Gasteiger charge is -2.09. The van der Waals surface area contributed by atoms with Crippen LogP contribution in [-0.4, -0.2) is 22.3 Å². The maximum atomic E-state index is 11.8. The summed E-state index contributed by atoms with van der Waals surface area (Å²) < 4.78 is 11.6. The average molecular weight is 437 g/mol. The van der Waals surface area contributed by atoms with Gasteiger partial charge in [0, 0.05) is 29.4 Å². The van der Waals surface area contributed by atoms with Crippen molar-refractivity contribution in [3.8, 4) is 16.9 Å². The molecule has 0 bridgehead atoms. The SMILES string of the molecule is COc1c(Cl)cc(-c2cncc3cc(/C=C4\SC(=S)NC4=O)oc23)cc1Cl. The summed E-state index contributed by atoms with van der Waals surface area (Å²) >= 11 is 18.7. The number of rotatable bonds is 3. The van der Waals surface area contributed by atoms with Crippen LogP contribution >= 0.6 is 47.2 Å². The maximum Gasteiger partial charge on any atom is 0.263 e. The summed E-state index contributed by atoms with van der Waals surface area (Å²) in [5.41, 5.74) is 2.08. The van der Waals surface area contributed by atoms with Crippen LogP contribution in [0.25, 0.3) is 28.2 Å². The zero-order valence-corrected chi connectivity index (χ0v) is 16.9. The Hall–Kier alpha value is -2.06. The van der Waals surface area contributed by atoms with Gasteiger partial charge < -0.3 is 14.5 Å². The van der Waals surface area contributed by atoms with Crippen LogP contribution in [-0.2, 0) is 4.79 Å². The first-order valence-electron chi connectivity index (χ1n) is 7.62. The van der Waals surface area contributed by atoms with Gasteiger partial charge in [-0.1, -0.05) is 47.2 Å². The Labute approximate surface area is 173 Å². The molecule has 1 aliphatic heterocycles. The molecular formula is C18H10Cl2N2O3S2. The van der Waals surface area contributed by atoms with E-state index in [2.05, 4.69) is 10.3 Å². The van der Waals surface area contributed by atoms with Crippen molar-refractivity contribution in [3.63, 3.8) is 0 Å². The molecule has 1 amide bonds. The predicted octanol–water partition coefficient (Wildman–Crippen LogP) is 5.30. The Balaban J connectivity index is 1.82. The third-order valence-corrected chi connectivity index (χ3v) is 5.59. The van der Waals surface area contributed by atoms with Gasteiger partial charge in [-0.3, -0.25) is 9.78 Å². The van der Waals surface area contributed by atoms with Crippen LogP contribution in [0.15, 0.2) is 39.9 Å². The monoisotopic (exact) mass is 436 g/mol. The Bertz CT molecular complexity index is 1120. The molecule has 1 saturated heterocycles. The number of nitrogens with zero attached hydrogens (tertiary/aromatic N) is 1. The molecule has 0 unspecified atom stereocenters. The van der Waals surface area contributed by atoms with Crippen LogP contribution in [0.1, 0.15) is 5.76 Å². The predicted molar refractivity (Wildman–Crippen MR) is 112 cm³/mol. The zero-order chi connectivity index (χ0) is 19.1. The lowest BCUT2D eigenvalue weighted by molar-refractivity contribution is -0.115. The molecule has 0 spiro atoms. The molecule has 3 heterocycles. The topological polar surface area (TPSA) is 64.4 Å². The van der Waals surface area contributed by atoms with Gasteiger partial charge in [-0.25, -0.2) is 0 Å². The van der Waals surface area contributed by atoms with Crippen molar-refractivity contribution in [2.45, 2.75) is 0 Å². The van der Waals surface area contributed by atoms with E-state index in [1.54, 1.807) is 36.7 Å². The second-order valence-electron chi connectivity index (χ2n) is 5.58. The van der Waals surface area contributed by atoms with E-state index in [0.717, 1.165) is 16.5 Å². The number of amides is 1. The number of halogens is 2. The smallest absolute Gasteiger partial charge is 0.263 e. The van der Waals surface area contributed by atoms with Crippen LogP contribution in [0, 0.1) is 0 Å². The number of benzene rings is 1. The van der Waals surface area contributed by atoms with Gasteiger partial charge in [0.15, 0.2) is 5.75 Å². The van der Waals surface area contributed by atoms with Gasteiger partial charge in [-0.15, -0.1) is 0 Å². The van der Waals surface area contributed by atoms with Gasteiger partial charge >= 0.3 is 0 Å². The minimum atomic E-state index is -0.238. The quantitative estimate of drug-likeness (QED) is 0.443. The molecule has 1 aromatic carbocycles. The lowest BCUT2D eigenvalue weighted by Crippen LogP contribution is -2.17. The van der Waals surface area contributed by atoms with E-state index >= 15 is 0 Å². The van der Waals surface area contributed by atoms with E-state index in [-0.39, 0.29) is 5.91 Å². The number of furan rings is 1. The van der Waals surface area contributed by atoms with E-state index in [0.29, 0.717) is 36.4 Å². The number of pyridine rings is 1. The second-order valence-corrected chi connectivity index (χ2v) is 8.11. The number of carbonyl (C=O) groups is 1. The van der Waals surface area contributed by atoms with Crippen LogP contribution in [0.3, 0.4) is 0 Å². The highest BCUT2D eigenvalue weighted by atomic mass is 35.5. The van der Waals surface area contributed by atoms with Crippen LogP contribution in [0.4, 0.5) is 0 Å². The fourth-order valence-corrected chi connectivity index (χ4v) is 4.39. The second kappa shape index (κ2) is 7.16. The maximum absolute atomic E-state index is 11.8. The number of thioether (sulfide) groups is 1. The first-order valence-corrected chi connectivity index (χ1v) is 9.60. The minimum absolute atomic E-state index is 0.238. The molecule has 5 nitrogen and oxygen atoms in total. The molecule has 1 N–H and O–H groups in total. The van der Waals surface area contributed by atoms with Crippen molar-refractivity contribution in [1.82, 2.24) is 10.3 Å². The molecule has 0 radical (unpaired) electrons. The lowest BCUT2D eigenvalue weighted by atomic mass is 10.1. The van der Waals surface area contributed by atoms with E-state index in [4.69, 9.17) is 44.6 Å². The first-order chi connectivity index (χ1) is 13.0. The van der Waals surface area contributed by atoms with E-state index in [1.807, 2.05) is 0 Å². The number of hydrogen-bond acceptors (Lipinski definition) is 6. The third kappa shape index (κ3) is 3.43. The van der Waals surface area contributed by atoms with E-state index in [9.17, 15) is 4.79 Å². The van der Waals surface area contributed by atoms with Crippen LogP contribution < -0.4 is 10.1 Å². The number of aromatic nitrogens is 1. The normalized spacial score (nSPS) is 15.6. The third-order valence-electron chi connectivity index (χ3n) is 3.87. The number of fused-ring (bicyclic) bond motifs is 1. The van der Waals surface area contributed by atoms with Crippen molar-refractivity contribution in [2.24, 2.45) is 0 Å². The highest BCUT2D eigenvalue weighted by molar-refractivity contribution is 8.26. The summed E-state index contributed by atoms with van der Waals surface area (Å²) in [6.45, 7) is 0. The summed E-state index contributed by atoms with van der Waals surface area (Å²) in [5, 5.41) is 4.13. The largest absolute Gasteiger partial charge is 0.494 e. The van der Waals surface area contributed by atoms with Crippen molar-refractivity contribution in [1.29, 1.82) is 0 Å². The number of ether oxygens (including phenoxy) is 1. The van der Waals surface area contributed by atoms with E-state index < -0.39 is 0 Å². The minimum Gasteiger partial charge on any atom is -0.494 e. The molecule has 3 aromatic rings. The van der Waals surface area contributed by atoms with Gasteiger partial charge in [0.2, 0.25) is 0 Å². The van der Waals surface area contributed by atoms with Crippen molar-refractivity contribution < 1.29 is 13.9 Å². The summed E-state index contributed by atoms with van der Waals surface area (Å²) in [6, 6.07) is 5.28. The molecule has 9 heteroatoms. The summed E-state index contributed by atoms with van der Waals surface area (Å²) in [7, 11) is 1.50. The molecule has 0 atom stereocenters. The van der Waals surface area contributed by atoms with Gasteiger partial charge in [0.25, 0.3) is 5.91 Å². The van der Waals surface area contributed by atoms with Crippen molar-refractivity contribution in [3.05, 3.63) is 51.3 Å². The fraction of sp³-hybridized carbons (Fsp3) is 0.0556. The Morgan fingerprint density at radius 3 is 2.63 bits per heavy atom. The highest BCUT2D eigenvalue weighted by Gasteiger charge is 2.23. The van der Waals surface area contributed by atoms with Crippen LogP contribution in [0.5, 0.6) is 5.75 Å². The van der Waals surface area contributed by atoms with Gasteiger partial charge in [0.1, 0.15) is 15.7 Å². The molecular weight excluding hydrogens is 427 g/mol. The Morgan fingerprint density at radius 1 is 1.26 bits per heavy atom. The summed E-state index contributed by atoms with van der Waals surface area (Å²) in [6.07, 6.45) is 5.00. The van der Waals surface area contributed by atoms with Crippen LogP contribution in [0.2, 0.25) is 10.0 Å². The number of methoxy groups -OCH3 is 1. The zero-order valence-electron chi connectivity index (χ0n) is 13.7. The highest BCUT2D eigenvalue weighted by Crippen LogP contribution is 2.39. The molecule has 2 aromatic heterocycles. The molecule has 0 saturated carbocycles. The number of nitrogens with one attached hydrogen (secondary N) is 1. The number of carbonyl (C=O) groups excluding carboxylic acids is 1. The van der Waals surface area contributed by atoms with E-state index in [1.165, 1.54) is 18.9 Å². The van der Waals surface area contributed by atoms with Gasteiger partial charge in [-0.2, -0.15) is 0 Å². The molecule has 4 rings (SSSR count). The molecule has 27 heavy (non-hydrogen) atoms. The van der Waals surface area contributed by atoms with Crippen molar-refractivity contribution >= 4 is 74.5 Å². The molecule has 1 aliphatic rings. The van der Waals surface area contributed by atoms with Crippen molar-refractivity contribution in [2.75, 3.05) is 7.11 Å². The molecule has 1 fully saturated rings. The van der Waals surface area contributed by atoms with Gasteiger partial charge in [-0.05, 0) is 23.8 Å². The number of thiocarbonyl (C=S) groups is 1. The summed E-state index contributed by atoms with van der Waals surface area (Å²) in [4.78, 5) is 16.6. The standard InChI is InChI=1S/C18H10Cl2N2O3S2/c1-24-16-12(19)3-8(4-13(16)20)11-7-21-6-9-2-10(25-15(9)11)5-14-17(23)22-18(26)27-14/h2-7H,1H3,(H,22,23,26)/b14-5-. The first kappa shape index (κ1) is 18.3. The Morgan fingerprint density at radius 2 is 2.00 bits per heavy atom. The average Bonchev–Trinajstić information content (AvgIpc) is 3.16. The summed E-state index contributed by atoms with van der Waals surface area (Å²) in [5.74, 6) is 0.692.